The largest absolute Gasteiger partial charge is 0.344 e. The van der Waals surface area contributed by atoms with E-state index in [1.165, 1.54) is 0 Å². The minimum Gasteiger partial charge on any atom is -0.344 e. The molecular weight excluding hydrogens is 159 g/mol. The predicted octanol–water partition coefficient (Wildman–Crippen LogP) is 2.32. The average molecular weight is 176 g/mol. The van der Waals surface area contributed by atoms with Crippen LogP contribution >= 0.6 is 7.37 Å². The monoisotopic (exact) mass is 176 g/mol. The molecule has 0 unspecified atom stereocenters. The zero-order valence-electron chi connectivity index (χ0n) is 7.29. The lowest BCUT2D eigenvalue weighted by atomic mass is 9.91. The van der Waals surface area contributed by atoms with Crippen molar-refractivity contribution in [2.24, 2.45) is 11.8 Å². The molecule has 0 spiro atoms. The fourth-order valence-electron chi connectivity index (χ4n) is 1.66. The van der Waals surface area contributed by atoms with E-state index in [1.807, 2.05) is 0 Å². The first-order valence-corrected chi connectivity index (χ1v) is 6.35. The maximum absolute atomic E-state index is 11.2. The van der Waals surface area contributed by atoms with Crippen molar-refractivity contribution in [3.8, 4) is 0 Å². The van der Waals surface area contributed by atoms with Gasteiger partial charge in [-0.05, 0) is 24.7 Å². The summed E-state index contributed by atoms with van der Waals surface area (Å²) in [7, 11) is -2.66. The van der Waals surface area contributed by atoms with Gasteiger partial charge in [0.2, 0.25) is 7.37 Å². The first-order valence-electron chi connectivity index (χ1n) is 4.32. The summed E-state index contributed by atoms with van der Waals surface area (Å²) >= 11 is 0. The smallest absolute Gasteiger partial charge is 0.200 e. The summed E-state index contributed by atoms with van der Waals surface area (Å²) in [4.78, 5) is 9.23. The Bertz CT molecular complexity index is 165. The predicted molar refractivity (Wildman–Crippen MR) is 47.1 cm³/mol. The third-order valence-electron chi connectivity index (χ3n) is 2.64. The molecule has 1 heterocycles. The molecule has 11 heavy (non-hydrogen) atoms. The van der Waals surface area contributed by atoms with Gasteiger partial charge in [-0.2, -0.15) is 0 Å². The van der Waals surface area contributed by atoms with Crippen molar-refractivity contribution in [3.05, 3.63) is 0 Å². The summed E-state index contributed by atoms with van der Waals surface area (Å²) in [6.45, 7) is 4.39. The molecule has 2 nitrogen and oxygen atoms in total. The van der Waals surface area contributed by atoms with Crippen LogP contribution in [-0.4, -0.2) is 17.2 Å². The summed E-state index contributed by atoms with van der Waals surface area (Å²) < 4.78 is 11.2. The molecule has 0 aromatic heterocycles. The lowest BCUT2D eigenvalue weighted by molar-refractivity contribution is 0.337. The van der Waals surface area contributed by atoms with Gasteiger partial charge in [0.25, 0.3) is 0 Å². The second-order valence-electron chi connectivity index (χ2n) is 3.87. The van der Waals surface area contributed by atoms with Crippen molar-refractivity contribution in [2.45, 2.75) is 26.7 Å². The Morgan fingerprint density at radius 2 is 1.82 bits per heavy atom. The maximum Gasteiger partial charge on any atom is 0.200 e. The molecule has 0 aromatic rings. The molecule has 0 saturated carbocycles. The van der Waals surface area contributed by atoms with Gasteiger partial charge < -0.3 is 4.89 Å². The van der Waals surface area contributed by atoms with Crippen LogP contribution in [0.15, 0.2) is 0 Å². The van der Waals surface area contributed by atoms with Gasteiger partial charge in [0.1, 0.15) is 0 Å². The van der Waals surface area contributed by atoms with Crippen molar-refractivity contribution in [3.63, 3.8) is 0 Å². The quantitative estimate of drug-likeness (QED) is 0.622. The normalized spacial score (nSPS) is 39.5. The Balaban J connectivity index is 2.42. The first-order chi connectivity index (χ1) is 5.01. The lowest BCUT2D eigenvalue weighted by Crippen LogP contribution is -2.18. The third kappa shape index (κ3) is 2.61. The molecule has 1 N–H and O–H groups in total. The van der Waals surface area contributed by atoms with Gasteiger partial charge in [-0.1, -0.05) is 13.8 Å². The molecule has 1 rings (SSSR count). The fraction of sp³-hybridized carbons (Fsp3) is 1.00. The minimum atomic E-state index is -2.66. The van der Waals surface area contributed by atoms with E-state index in [4.69, 9.17) is 0 Å². The van der Waals surface area contributed by atoms with Gasteiger partial charge in [0.15, 0.2) is 0 Å². The minimum absolute atomic E-state index is 0.551. The Hall–Kier alpha value is 0.190. The summed E-state index contributed by atoms with van der Waals surface area (Å²) in [6.07, 6.45) is 3.00. The van der Waals surface area contributed by atoms with Crippen LogP contribution in [-0.2, 0) is 4.57 Å². The van der Waals surface area contributed by atoms with Crippen molar-refractivity contribution >= 4 is 7.37 Å². The molecule has 0 radical (unpaired) electrons. The van der Waals surface area contributed by atoms with Crippen LogP contribution in [0.25, 0.3) is 0 Å². The van der Waals surface area contributed by atoms with Crippen molar-refractivity contribution in [2.75, 3.05) is 12.3 Å². The highest BCUT2D eigenvalue weighted by Gasteiger charge is 2.28. The SMILES string of the molecule is CC(C)C1CCP(=O)(O)CC1. The molecule has 0 bridgehead atoms. The van der Waals surface area contributed by atoms with Crippen LogP contribution in [0.5, 0.6) is 0 Å². The van der Waals surface area contributed by atoms with Crippen LogP contribution in [0.3, 0.4) is 0 Å². The zero-order valence-corrected chi connectivity index (χ0v) is 8.18. The molecule has 0 atom stereocenters. The van der Waals surface area contributed by atoms with E-state index < -0.39 is 7.37 Å². The zero-order chi connectivity index (χ0) is 8.48. The molecule has 1 aliphatic heterocycles. The Labute approximate surface area is 68.5 Å². The molecule has 0 aromatic carbocycles. The first kappa shape index (κ1) is 9.28. The molecule has 3 heteroatoms. The fourth-order valence-corrected chi connectivity index (χ4v) is 3.35. The summed E-state index contributed by atoms with van der Waals surface area (Å²) in [5.74, 6) is 1.36. The second-order valence-corrected chi connectivity index (χ2v) is 6.46. The molecular formula is C8H17O2P. The molecule has 1 saturated heterocycles. The van der Waals surface area contributed by atoms with Gasteiger partial charge in [-0.15, -0.1) is 0 Å². The van der Waals surface area contributed by atoms with E-state index in [9.17, 15) is 9.46 Å². The second kappa shape index (κ2) is 3.28. The van der Waals surface area contributed by atoms with Gasteiger partial charge in [-0.3, -0.25) is 4.57 Å². The van der Waals surface area contributed by atoms with Gasteiger partial charge >= 0.3 is 0 Å². The van der Waals surface area contributed by atoms with E-state index in [0.717, 1.165) is 12.8 Å². The topological polar surface area (TPSA) is 37.3 Å². The Morgan fingerprint density at radius 3 is 2.18 bits per heavy atom. The Kier molecular flexibility index (Phi) is 2.77. The Morgan fingerprint density at radius 1 is 1.36 bits per heavy atom. The molecule has 0 amide bonds. The van der Waals surface area contributed by atoms with Crippen molar-refractivity contribution in [1.29, 1.82) is 0 Å². The van der Waals surface area contributed by atoms with Gasteiger partial charge in [0, 0.05) is 12.3 Å². The van der Waals surface area contributed by atoms with E-state index in [2.05, 4.69) is 13.8 Å². The van der Waals surface area contributed by atoms with Crippen LogP contribution in [0.2, 0.25) is 0 Å². The molecule has 0 aliphatic carbocycles. The standard InChI is InChI=1S/C8H17O2P/c1-7(2)8-3-5-11(9,10)6-4-8/h7-8H,3-6H2,1-2H3,(H,9,10). The number of rotatable bonds is 1. The van der Waals surface area contributed by atoms with E-state index in [0.29, 0.717) is 24.2 Å². The number of hydrogen-bond acceptors (Lipinski definition) is 1. The highest BCUT2D eigenvalue weighted by Crippen LogP contribution is 2.48. The van der Waals surface area contributed by atoms with Crippen LogP contribution in [0, 0.1) is 11.8 Å². The molecule has 1 aliphatic rings. The molecule has 1 fully saturated rings. The highest BCUT2D eigenvalue weighted by molar-refractivity contribution is 7.58. The van der Waals surface area contributed by atoms with Crippen LogP contribution in [0.1, 0.15) is 26.7 Å². The van der Waals surface area contributed by atoms with E-state index in [-0.39, 0.29) is 0 Å². The summed E-state index contributed by atoms with van der Waals surface area (Å²) in [6, 6.07) is 0. The van der Waals surface area contributed by atoms with Crippen molar-refractivity contribution in [1.82, 2.24) is 0 Å². The van der Waals surface area contributed by atoms with Crippen LogP contribution < -0.4 is 0 Å². The third-order valence-corrected chi connectivity index (χ3v) is 4.56. The summed E-state index contributed by atoms with van der Waals surface area (Å²) in [5, 5.41) is 0. The average Bonchev–Trinajstić information content (AvgIpc) is 1.86. The highest BCUT2D eigenvalue weighted by atomic mass is 31.2. The maximum atomic E-state index is 11.2. The molecule has 66 valence electrons. The lowest BCUT2D eigenvalue weighted by Gasteiger charge is -2.27. The van der Waals surface area contributed by atoms with Crippen molar-refractivity contribution < 1.29 is 9.46 Å². The van der Waals surface area contributed by atoms with Gasteiger partial charge in [0.05, 0.1) is 0 Å². The summed E-state index contributed by atoms with van der Waals surface area (Å²) in [5.41, 5.74) is 0. The van der Waals surface area contributed by atoms with E-state index >= 15 is 0 Å². The van der Waals surface area contributed by atoms with Gasteiger partial charge in [-0.25, -0.2) is 0 Å². The number of hydrogen-bond donors (Lipinski definition) is 1. The van der Waals surface area contributed by atoms with E-state index in [1.54, 1.807) is 0 Å². The van der Waals surface area contributed by atoms with Crippen LogP contribution in [0.4, 0.5) is 0 Å².